The van der Waals surface area contributed by atoms with E-state index < -0.39 is 51.5 Å². The van der Waals surface area contributed by atoms with Crippen molar-refractivity contribution in [2.45, 2.75) is 26.1 Å². The van der Waals surface area contributed by atoms with E-state index in [0.29, 0.717) is 0 Å². The Bertz CT molecular complexity index is 718. The summed E-state index contributed by atoms with van der Waals surface area (Å²) in [6.45, 7) is 2.14. The lowest BCUT2D eigenvalue weighted by Crippen LogP contribution is -2.46. The summed E-state index contributed by atoms with van der Waals surface area (Å²) in [6, 6.07) is 3.44. The predicted molar refractivity (Wildman–Crippen MR) is 88.7 cm³/mol. The first kappa shape index (κ1) is 22.2. The molecular formula is C15H21F3N2O5S. The molecule has 0 radical (unpaired) electrons. The second kappa shape index (κ2) is 8.23. The third-order valence-electron chi connectivity index (χ3n) is 3.55. The Morgan fingerprint density at radius 3 is 2.19 bits per heavy atom. The average molecular weight is 398 g/mol. The molecule has 26 heavy (non-hydrogen) atoms. The number of benzene rings is 1. The number of hydrogen-bond donors (Lipinski definition) is 4. The summed E-state index contributed by atoms with van der Waals surface area (Å²) in [5, 5.41) is 21.1. The first-order valence-electron chi connectivity index (χ1n) is 7.53. The SMILES string of the molecule is CC(C)(CO)C(O)C(=O)NCCS(=O)(=O)Nc1ccc(C(F)(F)F)cc1. The summed E-state index contributed by atoms with van der Waals surface area (Å²) in [5.41, 5.74) is -2.06. The third kappa shape index (κ3) is 6.46. The van der Waals surface area contributed by atoms with Gasteiger partial charge in [-0.2, -0.15) is 13.2 Å². The number of amides is 1. The molecule has 1 amide bonds. The van der Waals surface area contributed by atoms with Crippen LogP contribution in [0, 0.1) is 5.41 Å². The van der Waals surface area contributed by atoms with Crippen molar-refractivity contribution >= 4 is 21.6 Å². The first-order valence-corrected chi connectivity index (χ1v) is 9.18. The molecule has 0 saturated heterocycles. The number of aliphatic hydroxyl groups excluding tert-OH is 2. The molecule has 11 heteroatoms. The Balaban J connectivity index is 2.58. The molecule has 0 aliphatic carbocycles. The highest BCUT2D eigenvalue weighted by atomic mass is 32.2. The zero-order chi connectivity index (χ0) is 20.2. The number of hydrogen-bond acceptors (Lipinski definition) is 5. The van der Waals surface area contributed by atoms with E-state index in [1.54, 1.807) is 0 Å². The van der Waals surface area contributed by atoms with Crippen molar-refractivity contribution in [3.05, 3.63) is 29.8 Å². The van der Waals surface area contributed by atoms with Gasteiger partial charge in [0.25, 0.3) is 0 Å². The zero-order valence-corrected chi connectivity index (χ0v) is 15.0. The lowest BCUT2D eigenvalue weighted by molar-refractivity contribution is -0.138. The van der Waals surface area contributed by atoms with Gasteiger partial charge < -0.3 is 15.5 Å². The van der Waals surface area contributed by atoms with Crippen LogP contribution in [0.5, 0.6) is 0 Å². The number of sulfonamides is 1. The summed E-state index contributed by atoms with van der Waals surface area (Å²) in [6.07, 6.45) is -6.05. The summed E-state index contributed by atoms with van der Waals surface area (Å²) in [4.78, 5) is 11.7. The average Bonchev–Trinajstić information content (AvgIpc) is 2.53. The van der Waals surface area contributed by atoms with Crippen LogP contribution in [0.3, 0.4) is 0 Å². The third-order valence-corrected chi connectivity index (χ3v) is 4.84. The quantitative estimate of drug-likeness (QED) is 0.520. The van der Waals surface area contributed by atoms with Gasteiger partial charge in [0.2, 0.25) is 15.9 Å². The normalized spacial score (nSPS) is 14.0. The maximum Gasteiger partial charge on any atom is 0.416 e. The molecule has 0 heterocycles. The van der Waals surface area contributed by atoms with Crippen LogP contribution in [0.1, 0.15) is 19.4 Å². The molecule has 1 aromatic rings. The van der Waals surface area contributed by atoms with Gasteiger partial charge in [-0.05, 0) is 24.3 Å². The molecule has 7 nitrogen and oxygen atoms in total. The van der Waals surface area contributed by atoms with Crippen molar-refractivity contribution in [3.8, 4) is 0 Å². The molecule has 0 bridgehead atoms. The fourth-order valence-corrected chi connectivity index (χ4v) is 2.77. The largest absolute Gasteiger partial charge is 0.416 e. The standard InChI is InChI=1S/C15H21F3N2O5S/c1-14(2,9-21)12(22)13(23)19-7-8-26(24,25)20-11-5-3-10(4-6-11)15(16,17)18/h3-6,12,20-22H,7-9H2,1-2H3,(H,19,23). The van der Waals surface area contributed by atoms with Gasteiger partial charge in [0.05, 0.1) is 17.9 Å². The molecular weight excluding hydrogens is 377 g/mol. The van der Waals surface area contributed by atoms with E-state index in [9.17, 15) is 31.5 Å². The van der Waals surface area contributed by atoms with Gasteiger partial charge in [0.15, 0.2) is 0 Å². The Morgan fingerprint density at radius 1 is 1.19 bits per heavy atom. The number of nitrogens with one attached hydrogen (secondary N) is 2. The Kier molecular flexibility index (Phi) is 7.02. The van der Waals surface area contributed by atoms with E-state index in [0.717, 1.165) is 24.3 Å². The van der Waals surface area contributed by atoms with Crippen molar-refractivity contribution in [2.75, 3.05) is 23.6 Å². The molecule has 4 N–H and O–H groups in total. The fourth-order valence-electron chi connectivity index (χ4n) is 1.80. The summed E-state index contributed by atoms with van der Waals surface area (Å²) in [7, 11) is -3.92. The molecule has 0 saturated carbocycles. The monoisotopic (exact) mass is 398 g/mol. The van der Waals surface area contributed by atoms with Gasteiger partial charge >= 0.3 is 6.18 Å². The van der Waals surface area contributed by atoms with Gasteiger partial charge in [0, 0.05) is 17.6 Å². The number of halogens is 3. The van der Waals surface area contributed by atoms with Crippen molar-refractivity contribution in [1.82, 2.24) is 5.32 Å². The lowest BCUT2D eigenvalue weighted by atomic mass is 9.87. The Morgan fingerprint density at radius 2 is 1.73 bits per heavy atom. The topological polar surface area (TPSA) is 116 Å². The second-order valence-corrected chi connectivity index (χ2v) is 8.18. The summed E-state index contributed by atoms with van der Waals surface area (Å²) in [5.74, 6) is -1.39. The minimum atomic E-state index is -4.52. The number of carbonyl (C=O) groups is 1. The van der Waals surface area contributed by atoms with Crippen LogP contribution in [0.4, 0.5) is 18.9 Å². The van der Waals surface area contributed by atoms with Crippen LogP contribution in [0.25, 0.3) is 0 Å². The summed E-state index contributed by atoms with van der Waals surface area (Å²) < 4.78 is 63.3. The van der Waals surface area contributed by atoms with Crippen molar-refractivity contribution in [2.24, 2.45) is 5.41 Å². The van der Waals surface area contributed by atoms with E-state index in [4.69, 9.17) is 5.11 Å². The first-order chi connectivity index (χ1) is 11.8. The van der Waals surface area contributed by atoms with E-state index in [1.807, 2.05) is 0 Å². The molecule has 0 fully saturated rings. The van der Waals surface area contributed by atoms with E-state index >= 15 is 0 Å². The maximum absolute atomic E-state index is 12.5. The van der Waals surface area contributed by atoms with Crippen LogP contribution < -0.4 is 10.0 Å². The van der Waals surface area contributed by atoms with Crippen LogP contribution >= 0.6 is 0 Å². The summed E-state index contributed by atoms with van der Waals surface area (Å²) >= 11 is 0. The molecule has 0 aliphatic rings. The maximum atomic E-state index is 12.5. The number of aliphatic hydroxyl groups is 2. The Labute approximate surface area is 149 Å². The number of carbonyl (C=O) groups excluding carboxylic acids is 1. The minimum Gasteiger partial charge on any atom is -0.396 e. The molecule has 0 spiro atoms. The van der Waals surface area contributed by atoms with Crippen LogP contribution in [-0.4, -0.2) is 49.5 Å². The highest BCUT2D eigenvalue weighted by Gasteiger charge is 2.33. The van der Waals surface area contributed by atoms with Crippen LogP contribution in [0.15, 0.2) is 24.3 Å². The van der Waals surface area contributed by atoms with Gasteiger partial charge in [-0.3, -0.25) is 9.52 Å². The zero-order valence-electron chi connectivity index (χ0n) is 14.2. The van der Waals surface area contributed by atoms with Gasteiger partial charge in [-0.15, -0.1) is 0 Å². The van der Waals surface area contributed by atoms with Crippen LogP contribution in [-0.2, 0) is 21.0 Å². The van der Waals surface area contributed by atoms with E-state index in [2.05, 4.69) is 10.0 Å². The highest BCUT2D eigenvalue weighted by molar-refractivity contribution is 7.92. The van der Waals surface area contributed by atoms with Crippen molar-refractivity contribution in [3.63, 3.8) is 0 Å². The molecule has 148 valence electrons. The number of anilines is 1. The Hall–Kier alpha value is -1.85. The predicted octanol–water partition coefficient (Wildman–Crippen LogP) is 0.943. The molecule has 1 unspecified atom stereocenters. The minimum absolute atomic E-state index is 0.0502. The molecule has 0 aromatic heterocycles. The van der Waals surface area contributed by atoms with Crippen molar-refractivity contribution in [1.29, 1.82) is 0 Å². The second-order valence-electron chi connectivity index (χ2n) is 6.34. The van der Waals surface area contributed by atoms with Gasteiger partial charge in [0.1, 0.15) is 6.10 Å². The van der Waals surface area contributed by atoms with Crippen molar-refractivity contribution < 1.29 is 36.6 Å². The number of alkyl halides is 3. The lowest BCUT2D eigenvalue weighted by Gasteiger charge is -2.27. The fraction of sp³-hybridized carbons (Fsp3) is 0.533. The van der Waals surface area contributed by atoms with E-state index in [1.165, 1.54) is 13.8 Å². The molecule has 1 aromatic carbocycles. The van der Waals surface area contributed by atoms with Gasteiger partial charge in [-0.25, -0.2) is 8.42 Å². The van der Waals surface area contributed by atoms with Crippen LogP contribution in [0.2, 0.25) is 0 Å². The van der Waals surface area contributed by atoms with Gasteiger partial charge in [-0.1, -0.05) is 13.8 Å². The highest BCUT2D eigenvalue weighted by Crippen LogP contribution is 2.29. The molecule has 1 rings (SSSR count). The smallest absolute Gasteiger partial charge is 0.396 e. The van der Waals surface area contributed by atoms with E-state index in [-0.39, 0.29) is 12.2 Å². The molecule has 0 aliphatic heterocycles. The number of rotatable bonds is 8. The molecule has 1 atom stereocenters.